The lowest BCUT2D eigenvalue weighted by Gasteiger charge is -2.18. The van der Waals surface area contributed by atoms with Crippen molar-refractivity contribution in [3.8, 4) is 0 Å². The molecule has 0 heterocycles. The minimum absolute atomic E-state index is 0.116. The van der Waals surface area contributed by atoms with Crippen LogP contribution in [-0.2, 0) is 18.9 Å². The van der Waals surface area contributed by atoms with Gasteiger partial charge >= 0.3 is 6.16 Å². The third-order valence-corrected chi connectivity index (χ3v) is 1.92. The summed E-state index contributed by atoms with van der Waals surface area (Å²) >= 11 is 0. The summed E-state index contributed by atoms with van der Waals surface area (Å²) in [6, 6.07) is 0. The van der Waals surface area contributed by atoms with Crippen molar-refractivity contribution in [3.05, 3.63) is 0 Å². The fraction of sp³-hybridized carbons (Fsp3) is 0.923. The lowest BCUT2D eigenvalue weighted by Crippen LogP contribution is -2.27. The summed E-state index contributed by atoms with van der Waals surface area (Å²) in [7, 11) is 0. The summed E-state index contributed by atoms with van der Waals surface area (Å²) in [6.07, 6.45) is -1.10. The Morgan fingerprint density at radius 1 is 0.778 bits per heavy atom. The Hall–Kier alpha value is -0.810. The van der Waals surface area contributed by atoms with Crippen molar-refractivity contribution in [3.63, 3.8) is 0 Å². The molecule has 0 spiro atoms. The molecule has 0 saturated heterocycles. The molecule has 5 nitrogen and oxygen atoms in total. The van der Waals surface area contributed by atoms with Gasteiger partial charge in [-0.25, -0.2) is 4.79 Å². The van der Waals surface area contributed by atoms with E-state index in [0.717, 1.165) is 0 Å². The van der Waals surface area contributed by atoms with Gasteiger partial charge in [0.2, 0.25) is 0 Å². The molecule has 108 valence electrons. The zero-order valence-corrected chi connectivity index (χ0v) is 12.3. The number of hydrogen-bond donors (Lipinski definition) is 0. The largest absolute Gasteiger partial charge is 0.508 e. The van der Waals surface area contributed by atoms with E-state index < -0.39 is 6.16 Å². The maximum Gasteiger partial charge on any atom is 0.508 e. The molecule has 0 N–H and O–H groups in total. The van der Waals surface area contributed by atoms with Gasteiger partial charge in [0, 0.05) is 0 Å². The molecule has 2 unspecified atom stereocenters. The van der Waals surface area contributed by atoms with E-state index in [0.29, 0.717) is 13.2 Å². The van der Waals surface area contributed by atoms with Crippen molar-refractivity contribution in [2.75, 3.05) is 13.2 Å². The van der Waals surface area contributed by atoms with Crippen molar-refractivity contribution in [2.24, 2.45) is 0 Å². The van der Waals surface area contributed by atoms with E-state index in [-0.39, 0.29) is 24.4 Å². The van der Waals surface area contributed by atoms with Gasteiger partial charge in [-0.1, -0.05) is 0 Å². The van der Waals surface area contributed by atoms with Gasteiger partial charge in [0.05, 0.1) is 25.4 Å². The van der Waals surface area contributed by atoms with Crippen LogP contribution >= 0.6 is 0 Å². The van der Waals surface area contributed by atoms with Crippen LogP contribution in [0.2, 0.25) is 0 Å². The quantitative estimate of drug-likeness (QED) is 0.630. The Morgan fingerprint density at radius 2 is 1.11 bits per heavy atom. The molecule has 0 aliphatic rings. The molecule has 0 fully saturated rings. The lowest BCUT2D eigenvalue weighted by molar-refractivity contribution is -0.0525. The fourth-order valence-electron chi connectivity index (χ4n) is 1.08. The van der Waals surface area contributed by atoms with E-state index in [1.165, 1.54) is 0 Å². The molecule has 0 aliphatic heterocycles. The third kappa shape index (κ3) is 10.4. The maximum absolute atomic E-state index is 11.4. The Kier molecular flexibility index (Phi) is 8.75. The first-order valence-corrected chi connectivity index (χ1v) is 6.41. The molecule has 0 aromatic carbocycles. The highest BCUT2D eigenvalue weighted by Gasteiger charge is 2.15. The summed E-state index contributed by atoms with van der Waals surface area (Å²) in [5.41, 5.74) is 0. The van der Waals surface area contributed by atoms with Crippen LogP contribution in [0.15, 0.2) is 0 Å². The summed E-state index contributed by atoms with van der Waals surface area (Å²) in [6.45, 7) is 12.0. The van der Waals surface area contributed by atoms with Crippen LogP contribution in [0.3, 0.4) is 0 Å². The van der Waals surface area contributed by atoms with Crippen molar-refractivity contribution >= 4 is 6.16 Å². The SMILES string of the molecule is CC(C)OCC(C)OC(=O)OC(C)COC(C)C. The second kappa shape index (κ2) is 9.16. The van der Waals surface area contributed by atoms with Crippen LogP contribution in [0.25, 0.3) is 0 Å². The van der Waals surface area contributed by atoms with E-state index in [4.69, 9.17) is 18.9 Å². The highest BCUT2D eigenvalue weighted by molar-refractivity contribution is 5.60. The highest BCUT2D eigenvalue weighted by Crippen LogP contribution is 2.02. The number of ether oxygens (including phenoxy) is 4. The number of rotatable bonds is 8. The smallest absolute Gasteiger partial charge is 0.429 e. The van der Waals surface area contributed by atoms with Gasteiger partial charge in [-0.15, -0.1) is 0 Å². The second-order valence-corrected chi connectivity index (χ2v) is 4.87. The highest BCUT2D eigenvalue weighted by atomic mass is 16.7. The zero-order valence-electron chi connectivity index (χ0n) is 12.3. The van der Waals surface area contributed by atoms with E-state index in [1.807, 2.05) is 27.7 Å². The lowest BCUT2D eigenvalue weighted by atomic mass is 10.4. The van der Waals surface area contributed by atoms with Crippen LogP contribution < -0.4 is 0 Å². The Labute approximate surface area is 110 Å². The summed E-state index contributed by atoms with van der Waals surface area (Å²) in [4.78, 5) is 11.4. The Morgan fingerprint density at radius 3 is 1.39 bits per heavy atom. The molecule has 0 aromatic rings. The first-order valence-electron chi connectivity index (χ1n) is 6.41. The first-order chi connectivity index (χ1) is 8.31. The van der Waals surface area contributed by atoms with Crippen LogP contribution in [0.5, 0.6) is 0 Å². The van der Waals surface area contributed by atoms with Gasteiger partial charge in [0.1, 0.15) is 12.2 Å². The Bertz CT molecular complexity index is 205. The molecule has 0 aliphatic carbocycles. The second-order valence-electron chi connectivity index (χ2n) is 4.87. The predicted octanol–water partition coefficient (Wildman–Crippen LogP) is 2.77. The molecule has 0 amide bonds. The molecular weight excluding hydrogens is 236 g/mol. The molecule has 0 bridgehead atoms. The van der Waals surface area contributed by atoms with Gasteiger partial charge in [-0.3, -0.25) is 0 Å². The van der Waals surface area contributed by atoms with Gasteiger partial charge in [-0.2, -0.15) is 0 Å². The van der Waals surface area contributed by atoms with Crippen LogP contribution in [0.1, 0.15) is 41.5 Å². The number of carbonyl (C=O) groups is 1. The fourth-order valence-corrected chi connectivity index (χ4v) is 1.08. The standard InChI is InChI=1S/C13H26O5/c1-9(2)15-7-11(5)17-13(14)18-12(6)8-16-10(3)4/h9-12H,7-8H2,1-6H3. The molecule has 0 radical (unpaired) electrons. The van der Waals surface area contributed by atoms with E-state index in [9.17, 15) is 4.79 Å². The molecule has 2 atom stereocenters. The van der Waals surface area contributed by atoms with Gasteiger partial charge < -0.3 is 18.9 Å². The monoisotopic (exact) mass is 262 g/mol. The molecular formula is C13H26O5. The third-order valence-electron chi connectivity index (χ3n) is 1.92. The summed E-state index contributed by atoms with van der Waals surface area (Å²) in [5.74, 6) is 0. The van der Waals surface area contributed by atoms with Gasteiger partial charge in [0.25, 0.3) is 0 Å². The van der Waals surface area contributed by atoms with Crippen molar-refractivity contribution in [2.45, 2.75) is 66.0 Å². The van der Waals surface area contributed by atoms with E-state index in [1.54, 1.807) is 13.8 Å². The Balaban J connectivity index is 3.74. The minimum Gasteiger partial charge on any atom is -0.429 e. The average molecular weight is 262 g/mol. The maximum atomic E-state index is 11.4. The first kappa shape index (κ1) is 17.2. The summed E-state index contributed by atoms with van der Waals surface area (Å²) in [5, 5.41) is 0. The van der Waals surface area contributed by atoms with Crippen molar-refractivity contribution < 1.29 is 23.7 Å². The normalized spacial score (nSPS) is 14.7. The van der Waals surface area contributed by atoms with Crippen molar-refractivity contribution in [1.29, 1.82) is 0 Å². The average Bonchev–Trinajstić information content (AvgIpc) is 2.23. The molecule has 0 saturated carbocycles. The molecule has 5 heteroatoms. The molecule has 18 heavy (non-hydrogen) atoms. The van der Waals surface area contributed by atoms with E-state index >= 15 is 0 Å². The van der Waals surface area contributed by atoms with Crippen LogP contribution in [-0.4, -0.2) is 43.8 Å². The van der Waals surface area contributed by atoms with Crippen LogP contribution in [0, 0.1) is 0 Å². The number of carbonyl (C=O) groups excluding carboxylic acids is 1. The molecule has 0 rings (SSSR count). The molecule has 0 aromatic heterocycles. The van der Waals surface area contributed by atoms with E-state index in [2.05, 4.69) is 0 Å². The van der Waals surface area contributed by atoms with Crippen LogP contribution in [0.4, 0.5) is 4.79 Å². The van der Waals surface area contributed by atoms with Crippen molar-refractivity contribution in [1.82, 2.24) is 0 Å². The topological polar surface area (TPSA) is 54.0 Å². The summed E-state index contributed by atoms with van der Waals surface area (Å²) < 4.78 is 20.7. The van der Waals surface area contributed by atoms with Gasteiger partial charge in [-0.05, 0) is 41.5 Å². The predicted molar refractivity (Wildman–Crippen MR) is 68.7 cm³/mol. The minimum atomic E-state index is -0.685. The number of hydrogen-bond acceptors (Lipinski definition) is 5. The van der Waals surface area contributed by atoms with Gasteiger partial charge in [0.15, 0.2) is 0 Å². The zero-order chi connectivity index (χ0) is 14.1.